The van der Waals surface area contributed by atoms with Gasteiger partial charge in [-0.25, -0.2) is 13.8 Å². The summed E-state index contributed by atoms with van der Waals surface area (Å²) in [5, 5.41) is 0. The maximum atomic E-state index is 13.7. The molecule has 0 amide bonds. The van der Waals surface area contributed by atoms with E-state index in [0.29, 0.717) is 5.56 Å². The fraction of sp³-hybridized carbons (Fsp3) is 0.154. The van der Waals surface area contributed by atoms with Crippen LogP contribution in [0.3, 0.4) is 0 Å². The highest BCUT2D eigenvalue weighted by Gasteiger charge is 2.14. The van der Waals surface area contributed by atoms with Crippen molar-refractivity contribution in [3.05, 3.63) is 47.7 Å². The number of ether oxygens (including phenoxy) is 1. The summed E-state index contributed by atoms with van der Waals surface area (Å²) in [7, 11) is 1.44. The molecular formula is C13H11F2NO. The van der Waals surface area contributed by atoms with Gasteiger partial charge in [-0.05, 0) is 24.6 Å². The van der Waals surface area contributed by atoms with Crippen molar-refractivity contribution in [2.24, 2.45) is 0 Å². The SMILES string of the molecule is COc1ncc(C)cc1-c1cccc(F)c1F. The molecule has 1 heterocycles. The zero-order valence-corrected chi connectivity index (χ0v) is 9.50. The standard InChI is InChI=1S/C13H11F2NO/c1-8-6-10(13(17-2)16-7-8)9-4-3-5-11(14)12(9)15/h3-7H,1-2H3. The van der Waals surface area contributed by atoms with Gasteiger partial charge in [0.25, 0.3) is 0 Å². The van der Waals surface area contributed by atoms with Crippen LogP contribution in [0, 0.1) is 18.6 Å². The third-order valence-electron chi connectivity index (χ3n) is 2.42. The highest BCUT2D eigenvalue weighted by molar-refractivity contribution is 5.69. The Morgan fingerprint density at radius 3 is 2.65 bits per heavy atom. The molecule has 0 aliphatic carbocycles. The Kier molecular flexibility index (Phi) is 3.04. The van der Waals surface area contributed by atoms with Crippen molar-refractivity contribution in [3.63, 3.8) is 0 Å². The summed E-state index contributed by atoms with van der Waals surface area (Å²) in [6.45, 7) is 1.83. The van der Waals surface area contributed by atoms with Gasteiger partial charge in [-0.15, -0.1) is 0 Å². The Labute approximate surface area is 97.9 Å². The summed E-state index contributed by atoms with van der Waals surface area (Å²) >= 11 is 0. The van der Waals surface area contributed by atoms with Crippen LogP contribution >= 0.6 is 0 Å². The van der Waals surface area contributed by atoms with Crippen molar-refractivity contribution in [1.29, 1.82) is 0 Å². The van der Waals surface area contributed by atoms with Crippen LogP contribution < -0.4 is 4.74 Å². The average molecular weight is 235 g/mol. The van der Waals surface area contributed by atoms with Gasteiger partial charge in [0.05, 0.1) is 7.11 Å². The van der Waals surface area contributed by atoms with Gasteiger partial charge in [-0.2, -0.15) is 0 Å². The minimum Gasteiger partial charge on any atom is -0.481 e. The second kappa shape index (κ2) is 4.49. The molecule has 1 aromatic carbocycles. The summed E-state index contributed by atoms with van der Waals surface area (Å²) in [6.07, 6.45) is 1.61. The number of rotatable bonds is 2. The van der Waals surface area contributed by atoms with Gasteiger partial charge in [0.1, 0.15) is 0 Å². The van der Waals surface area contributed by atoms with Gasteiger partial charge in [0.2, 0.25) is 5.88 Å². The molecule has 0 saturated carbocycles. The summed E-state index contributed by atoms with van der Waals surface area (Å²) in [5.74, 6) is -1.50. The molecule has 0 radical (unpaired) electrons. The van der Waals surface area contributed by atoms with Crippen LogP contribution in [-0.4, -0.2) is 12.1 Å². The summed E-state index contributed by atoms with van der Waals surface area (Å²) in [4.78, 5) is 4.03. The summed E-state index contributed by atoms with van der Waals surface area (Å²) in [6, 6.07) is 5.74. The van der Waals surface area contributed by atoms with Gasteiger partial charge in [0.15, 0.2) is 11.6 Å². The second-order valence-electron chi connectivity index (χ2n) is 3.67. The molecule has 0 spiro atoms. The first kappa shape index (κ1) is 11.5. The predicted octanol–water partition coefficient (Wildman–Crippen LogP) is 3.34. The molecule has 2 rings (SSSR count). The van der Waals surface area contributed by atoms with E-state index in [4.69, 9.17) is 4.74 Å². The van der Waals surface area contributed by atoms with Crippen molar-refractivity contribution < 1.29 is 13.5 Å². The first-order valence-corrected chi connectivity index (χ1v) is 5.08. The minimum atomic E-state index is -0.891. The molecule has 88 valence electrons. The van der Waals surface area contributed by atoms with E-state index in [9.17, 15) is 8.78 Å². The topological polar surface area (TPSA) is 22.1 Å². The second-order valence-corrected chi connectivity index (χ2v) is 3.67. The van der Waals surface area contributed by atoms with Crippen LogP contribution in [-0.2, 0) is 0 Å². The quantitative estimate of drug-likeness (QED) is 0.796. The molecule has 4 heteroatoms. The van der Waals surface area contributed by atoms with Crippen molar-refractivity contribution in [1.82, 2.24) is 4.98 Å². The van der Waals surface area contributed by atoms with Crippen LogP contribution in [0.4, 0.5) is 8.78 Å². The van der Waals surface area contributed by atoms with E-state index in [1.165, 1.54) is 19.2 Å². The molecule has 0 aliphatic heterocycles. The fourth-order valence-corrected chi connectivity index (χ4v) is 1.62. The molecule has 0 N–H and O–H groups in total. The third-order valence-corrected chi connectivity index (χ3v) is 2.42. The van der Waals surface area contributed by atoms with Gasteiger partial charge in [0, 0.05) is 17.3 Å². The van der Waals surface area contributed by atoms with Crippen LogP contribution in [0.15, 0.2) is 30.5 Å². The Hall–Kier alpha value is -1.97. The molecule has 0 fully saturated rings. The summed E-state index contributed by atoms with van der Waals surface area (Å²) < 4.78 is 31.9. The number of benzene rings is 1. The Morgan fingerprint density at radius 1 is 1.18 bits per heavy atom. The van der Waals surface area contributed by atoms with Crippen molar-refractivity contribution >= 4 is 0 Å². The first-order chi connectivity index (χ1) is 8.13. The molecule has 17 heavy (non-hydrogen) atoms. The fourth-order valence-electron chi connectivity index (χ4n) is 1.62. The van der Waals surface area contributed by atoms with Crippen molar-refractivity contribution in [2.45, 2.75) is 6.92 Å². The van der Waals surface area contributed by atoms with Crippen LogP contribution in [0.25, 0.3) is 11.1 Å². The number of nitrogens with zero attached hydrogens (tertiary/aromatic N) is 1. The molecular weight excluding hydrogens is 224 g/mol. The van der Waals surface area contributed by atoms with Gasteiger partial charge >= 0.3 is 0 Å². The lowest BCUT2D eigenvalue weighted by atomic mass is 10.0. The van der Waals surface area contributed by atoms with Crippen molar-refractivity contribution in [2.75, 3.05) is 7.11 Å². The van der Waals surface area contributed by atoms with Crippen LogP contribution in [0.2, 0.25) is 0 Å². The maximum absolute atomic E-state index is 13.7. The number of hydrogen-bond acceptors (Lipinski definition) is 2. The Balaban J connectivity index is 2.67. The molecule has 0 aliphatic rings. The zero-order chi connectivity index (χ0) is 12.4. The lowest BCUT2D eigenvalue weighted by molar-refractivity contribution is 0.399. The predicted molar refractivity (Wildman–Crippen MR) is 60.9 cm³/mol. The largest absolute Gasteiger partial charge is 0.481 e. The van der Waals surface area contributed by atoms with Crippen LogP contribution in [0.1, 0.15) is 5.56 Å². The molecule has 0 unspecified atom stereocenters. The first-order valence-electron chi connectivity index (χ1n) is 5.08. The van der Waals surface area contributed by atoms with E-state index in [-0.39, 0.29) is 11.4 Å². The lowest BCUT2D eigenvalue weighted by Gasteiger charge is -2.09. The number of hydrogen-bond donors (Lipinski definition) is 0. The summed E-state index contributed by atoms with van der Waals surface area (Å²) in [5.41, 5.74) is 1.45. The molecule has 0 atom stereocenters. The molecule has 0 saturated heterocycles. The third kappa shape index (κ3) is 2.11. The van der Waals surface area contributed by atoms with Gasteiger partial charge < -0.3 is 4.74 Å². The minimum absolute atomic E-state index is 0.151. The average Bonchev–Trinajstić information content (AvgIpc) is 2.33. The van der Waals surface area contributed by atoms with E-state index < -0.39 is 11.6 Å². The maximum Gasteiger partial charge on any atom is 0.221 e. The van der Waals surface area contributed by atoms with Gasteiger partial charge in [-0.3, -0.25) is 0 Å². The molecule has 1 aromatic heterocycles. The lowest BCUT2D eigenvalue weighted by Crippen LogP contribution is -1.95. The number of methoxy groups -OCH3 is 1. The van der Waals surface area contributed by atoms with Crippen molar-refractivity contribution in [3.8, 4) is 17.0 Å². The van der Waals surface area contributed by atoms with Crippen LogP contribution in [0.5, 0.6) is 5.88 Å². The molecule has 2 nitrogen and oxygen atoms in total. The normalized spacial score (nSPS) is 10.4. The zero-order valence-electron chi connectivity index (χ0n) is 9.50. The van der Waals surface area contributed by atoms with E-state index in [1.54, 1.807) is 12.3 Å². The number of halogens is 2. The monoisotopic (exact) mass is 235 g/mol. The van der Waals surface area contributed by atoms with E-state index in [2.05, 4.69) is 4.98 Å². The van der Waals surface area contributed by atoms with E-state index in [0.717, 1.165) is 11.6 Å². The Bertz CT molecular complexity index is 555. The Morgan fingerprint density at radius 2 is 1.94 bits per heavy atom. The highest BCUT2D eigenvalue weighted by Crippen LogP contribution is 2.31. The van der Waals surface area contributed by atoms with E-state index >= 15 is 0 Å². The highest BCUT2D eigenvalue weighted by atomic mass is 19.2. The van der Waals surface area contributed by atoms with Gasteiger partial charge in [-0.1, -0.05) is 12.1 Å². The number of aryl methyl sites for hydroxylation is 1. The molecule has 0 bridgehead atoms. The number of aromatic nitrogens is 1. The smallest absolute Gasteiger partial charge is 0.221 e. The number of pyridine rings is 1. The van der Waals surface area contributed by atoms with E-state index in [1.807, 2.05) is 6.92 Å². The molecule has 2 aromatic rings.